The molecule has 0 atom stereocenters. The Hall–Kier alpha value is -2.01. The van der Waals surface area contributed by atoms with E-state index in [2.05, 4.69) is 5.10 Å². The number of nitrogens with zero attached hydrogens (tertiary/aromatic N) is 2. The summed E-state index contributed by atoms with van der Waals surface area (Å²) >= 11 is 6.18. The van der Waals surface area contributed by atoms with Gasteiger partial charge in [-0.1, -0.05) is 11.6 Å². The molecule has 0 N–H and O–H groups in total. The van der Waals surface area contributed by atoms with Gasteiger partial charge in [-0.2, -0.15) is 5.10 Å². The second-order valence-electron chi connectivity index (χ2n) is 4.93. The van der Waals surface area contributed by atoms with Crippen molar-refractivity contribution >= 4 is 17.4 Å². The number of carbonyl (C=O) groups is 1. The van der Waals surface area contributed by atoms with E-state index in [4.69, 9.17) is 21.1 Å². The number of ketones is 1. The highest BCUT2D eigenvalue weighted by Crippen LogP contribution is 2.31. The van der Waals surface area contributed by atoms with Crippen LogP contribution in [0.4, 0.5) is 0 Å². The smallest absolute Gasteiger partial charge is 0.168 e. The number of aromatic nitrogens is 2. The fraction of sp³-hybridized carbons (Fsp3) is 0.333. The first-order chi connectivity index (χ1) is 10.1. The second kappa shape index (κ2) is 5.41. The average Bonchev–Trinajstić information content (AvgIpc) is 2.73. The lowest BCUT2D eigenvalue weighted by Crippen LogP contribution is -2.16. The number of ether oxygens (including phenoxy) is 2. The predicted molar refractivity (Wildman–Crippen MR) is 78.4 cm³/mol. The molecule has 0 aliphatic carbocycles. The molecule has 1 aromatic heterocycles. The molecule has 6 heteroatoms. The third-order valence-corrected chi connectivity index (χ3v) is 3.95. The zero-order chi connectivity index (χ0) is 15.0. The van der Waals surface area contributed by atoms with E-state index < -0.39 is 0 Å². The zero-order valence-corrected chi connectivity index (χ0v) is 12.6. The fourth-order valence-electron chi connectivity index (χ4n) is 2.34. The Labute approximate surface area is 127 Å². The Morgan fingerprint density at radius 3 is 2.71 bits per heavy atom. The Balaban J connectivity index is 1.85. The molecule has 3 rings (SSSR count). The number of hydrogen-bond acceptors (Lipinski definition) is 4. The standard InChI is InChI=1S/C15H15ClN2O3/c1-9-15(16)11(18(2)17-9)8-12(19)10-3-4-13-14(7-10)21-6-5-20-13/h3-4,7H,5-6,8H2,1-2H3. The molecule has 0 spiro atoms. The molecule has 2 aromatic rings. The van der Waals surface area contributed by atoms with Gasteiger partial charge in [0.05, 0.1) is 22.8 Å². The van der Waals surface area contributed by atoms with E-state index in [0.29, 0.717) is 41.0 Å². The molecule has 1 aliphatic heterocycles. The summed E-state index contributed by atoms with van der Waals surface area (Å²) in [6, 6.07) is 5.22. The predicted octanol–water partition coefficient (Wildman–Crippen LogP) is 2.58. The summed E-state index contributed by atoms with van der Waals surface area (Å²) in [5, 5.41) is 4.76. The van der Waals surface area contributed by atoms with Crippen LogP contribution in [0.1, 0.15) is 21.7 Å². The van der Waals surface area contributed by atoms with Gasteiger partial charge in [0, 0.05) is 12.6 Å². The van der Waals surface area contributed by atoms with Gasteiger partial charge < -0.3 is 9.47 Å². The quantitative estimate of drug-likeness (QED) is 0.818. The number of hydrogen-bond donors (Lipinski definition) is 0. The molecule has 21 heavy (non-hydrogen) atoms. The zero-order valence-electron chi connectivity index (χ0n) is 11.9. The molecule has 0 saturated carbocycles. The number of Topliss-reactive ketones (excluding diaryl/α,β-unsaturated/α-hetero) is 1. The summed E-state index contributed by atoms with van der Waals surface area (Å²) in [6.07, 6.45) is 0.204. The van der Waals surface area contributed by atoms with Gasteiger partial charge in [-0.05, 0) is 25.1 Å². The highest BCUT2D eigenvalue weighted by atomic mass is 35.5. The number of aryl methyl sites for hydroxylation is 2. The Kier molecular flexibility index (Phi) is 3.59. The van der Waals surface area contributed by atoms with Crippen LogP contribution in [0.2, 0.25) is 5.02 Å². The number of carbonyl (C=O) groups excluding carboxylic acids is 1. The lowest BCUT2D eigenvalue weighted by molar-refractivity contribution is 0.0989. The first kappa shape index (κ1) is 13.9. The van der Waals surface area contributed by atoms with Gasteiger partial charge in [0.2, 0.25) is 0 Å². The Morgan fingerprint density at radius 2 is 2.05 bits per heavy atom. The molecule has 0 unspecified atom stereocenters. The maximum Gasteiger partial charge on any atom is 0.168 e. The highest BCUT2D eigenvalue weighted by Gasteiger charge is 2.18. The van der Waals surface area contributed by atoms with Crippen LogP contribution in [-0.4, -0.2) is 28.8 Å². The molecular formula is C15H15ClN2O3. The topological polar surface area (TPSA) is 53.4 Å². The third kappa shape index (κ3) is 2.61. The lowest BCUT2D eigenvalue weighted by Gasteiger charge is -2.18. The lowest BCUT2D eigenvalue weighted by atomic mass is 10.1. The third-order valence-electron chi connectivity index (χ3n) is 3.45. The van der Waals surface area contributed by atoms with Crippen LogP contribution >= 0.6 is 11.6 Å². The Morgan fingerprint density at radius 1 is 1.33 bits per heavy atom. The maximum absolute atomic E-state index is 12.4. The SMILES string of the molecule is Cc1nn(C)c(CC(=O)c2ccc3c(c2)OCCO3)c1Cl. The summed E-state index contributed by atoms with van der Waals surface area (Å²) in [7, 11) is 1.78. The minimum absolute atomic E-state index is 0.0307. The molecule has 0 fully saturated rings. The molecule has 5 nitrogen and oxygen atoms in total. The highest BCUT2D eigenvalue weighted by molar-refractivity contribution is 6.32. The molecule has 2 heterocycles. The first-order valence-electron chi connectivity index (χ1n) is 6.67. The normalized spacial score (nSPS) is 13.3. The van der Waals surface area contributed by atoms with E-state index in [1.807, 2.05) is 6.92 Å². The van der Waals surface area contributed by atoms with Gasteiger partial charge in [0.15, 0.2) is 17.3 Å². The molecule has 1 aromatic carbocycles. The van der Waals surface area contributed by atoms with Crippen LogP contribution in [0, 0.1) is 6.92 Å². The van der Waals surface area contributed by atoms with Crippen LogP contribution < -0.4 is 9.47 Å². The van der Waals surface area contributed by atoms with Crippen molar-refractivity contribution in [3.63, 3.8) is 0 Å². The van der Waals surface area contributed by atoms with E-state index in [-0.39, 0.29) is 12.2 Å². The summed E-state index contributed by atoms with van der Waals surface area (Å²) in [6.45, 7) is 2.85. The van der Waals surface area contributed by atoms with E-state index in [9.17, 15) is 4.79 Å². The molecule has 0 amide bonds. The van der Waals surface area contributed by atoms with Gasteiger partial charge >= 0.3 is 0 Å². The van der Waals surface area contributed by atoms with Crippen molar-refractivity contribution in [2.45, 2.75) is 13.3 Å². The number of rotatable bonds is 3. The molecule has 1 aliphatic rings. The van der Waals surface area contributed by atoms with E-state index in [1.54, 1.807) is 29.9 Å². The van der Waals surface area contributed by atoms with Crippen molar-refractivity contribution in [1.82, 2.24) is 9.78 Å². The first-order valence-corrected chi connectivity index (χ1v) is 7.05. The number of halogens is 1. The van der Waals surface area contributed by atoms with Crippen molar-refractivity contribution in [3.05, 3.63) is 40.2 Å². The minimum atomic E-state index is -0.0307. The van der Waals surface area contributed by atoms with Gasteiger partial charge in [0.1, 0.15) is 13.2 Å². The van der Waals surface area contributed by atoms with Crippen LogP contribution in [0.3, 0.4) is 0 Å². The molecule has 110 valence electrons. The summed E-state index contributed by atoms with van der Waals surface area (Å²) in [5.74, 6) is 1.25. The van der Waals surface area contributed by atoms with E-state index >= 15 is 0 Å². The van der Waals surface area contributed by atoms with Crippen molar-refractivity contribution in [2.75, 3.05) is 13.2 Å². The van der Waals surface area contributed by atoms with Crippen LogP contribution in [0.15, 0.2) is 18.2 Å². The van der Waals surface area contributed by atoms with Gasteiger partial charge in [-0.25, -0.2) is 0 Å². The van der Waals surface area contributed by atoms with Crippen molar-refractivity contribution in [2.24, 2.45) is 7.05 Å². The minimum Gasteiger partial charge on any atom is -0.486 e. The number of fused-ring (bicyclic) bond motifs is 1. The Bertz CT molecular complexity index is 709. The van der Waals surface area contributed by atoms with Crippen molar-refractivity contribution in [3.8, 4) is 11.5 Å². The van der Waals surface area contributed by atoms with E-state index in [1.165, 1.54) is 0 Å². The van der Waals surface area contributed by atoms with Crippen LogP contribution in [0.25, 0.3) is 0 Å². The van der Waals surface area contributed by atoms with Crippen LogP contribution in [-0.2, 0) is 13.5 Å². The van der Waals surface area contributed by atoms with Crippen LogP contribution in [0.5, 0.6) is 11.5 Å². The maximum atomic E-state index is 12.4. The molecule has 0 saturated heterocycles. The second-order valence-corrected chi connectivity index (χ2v) is 5.31. The van der Waals surface area contributed by atoms with Gasteiger partial charge in [-0.3, -0.25) is 9.48 Å². The van der Waals surface area contributed by atoms with Crippen molar-refractivity contribution in [1.29, 1.82) is 0 Å². The average molecular weight is 307 g/mol. The molecular weight excluding hydrogens is 292 g/mol. The molecule has 0 bridgehead atoms. The summed E-state index contributed by atoms with van der Waals surface area (Å²) < 4.78 is 12.6. The largest absolute Gasteiger partial charge is 0.486 e. The van der Waals surface area contributed by atoms with Gasteiger partial charge in [0.25, 0.3) is 0 Å². The molecule has 0 radical (unpaired) electrons. The monoisotopic (exact) mass is 306 g/mol. The van der Waals surface area contributed by atoms with Crippen molar-refractivity contribution < 1.29 is 14.3 Å². The summed E-state index contributed by atoms with van der Waals surface area (Å²) in [5.41, 5.74) is 2.02. The van der Waals surface area contributed by atoms with E-state index in [0.717, 1.165) is 5.69 Å². The fourth-order valence-corrected chi connectivity index (χ4v) is 2.57. The summed E-state index contributed by atoms with van der Waals surface area (Å²) in [4.78, 5) is 12.4. The van der Waals surface area contributed by atoms with Gasteiger partial charge in [-0.15, -0.1) is 0 Å². The number of benzene rings is 1.